The van der Waals surface area contributed by atoms with E-state index < -0.39 is 0 Å². The first-order valence-electron chi connectivity index (χ1n) is 6.93. The van der Waals surface area contributed by atoms with Gasteiger partial charge >= 0.3 is 6.03 Å². The van der Waals surface area contributed by atoms with Gasteiger partial charge in [-0.1, -0.05) is 0 Å². The summed E-state index contributed by atoms with van der Waals surface area (Å²) in [5.74, 6) is -0.310. The topological polar surface area (TPSA) is 61.6 Å². The van der Waals surface area contributed by atoms with Crippen LogP contribution in [0.1, 0.15) is 6.42 Å². The number of rotatable bonds is 3. The van der Waals surface area contributed by atoms with Gasteiger partial charge in [0.05, 0.1) is 0 Å². The molecule has 1 aliphatic rings. The summed E-state index contributed by atoms with van der Waals surface area (Å²) >= 11 is 0. The van der Waals surface area contributed by atoms with Gasteiger partial charge in [0.25, 0.3) is 0 Å². The quantitative estimate of drug-likeness (QED) is 0.878. The largest absolute Gasteiger partial charge is 0.329 e. The number of carbonyl (C=O) groups is 1. The molecule has 110 valence electrons. The summed E-state index contributed by atoms with van der Waals surface area (Å²) in [6.45, 7) is 4.74. The zero-order valence-corrected chi connectivity index (χ0v) is 11.5. The fourth-order valence-electron chi connectivity index (χ4n) is 2.32. The summed E-state index contributed by atoms with van der Waals surface area (Å²) < 4.78 is 12.8. The predicted molar refractivity (Wildman–Crippen MR) is 77.1 cm³/mol. The molecule has 5 nitrogen and oxygen atoms in total. The van der Waals surface area contributed by atoms with E-state index in [2.05, 4.69) is 10.2 Å². The monoisotopic (exact) mass is 280 g/mol. The molecule has 0 spiro atoms. The lowest BCUT2D eigenvalue weighted by atomic mass is 10.3. The molecule has 0 aromatic heterocycles. The molecule has 3 N–H and O–H groups in total. The minimum atomic E-state index is -0.310. The van der Waals surface area contributed by atoms with Crippen molar-refractivity contribution in [3.63, 3.8) is 0 Å². The number of halogens is 1. The Morgan fingerprint density at radius 2 is 1.95 bits per heavy atom. The van der Waals surface area contributed by atoms with Gasteiger partial charge in [-0.25, -0.2) is 9.18 Å². The van der Waals surface area contributed by atoms with Gasteiger partial charge in [-0.15, -0.1) is 0 Å². The second kappa shape index (κ2) is 7.21. The van der Waals surface area contributed by atoms with Gasteiger partial charge in [0, 0.05) is 38.4 Å². The average Bonchev–Trinajstić information content (AvgIpc) is 2.67. The maximum Gasteiger partial charge on any atom is 0.321 e. The highest BCUT2D eigenvalue weighted by Gasteiger charge is 2.18. The van der Waals surface area contributed by atoms with E-state index in [-0.39, 0.29) is 11.8 Å². The Morgan fingerprint density at radius 1 is 1.20 bits per heavy atom. The molecule has 1 saturated heterocycles. The number of hydrogen-bond donors (Lipinski definition) is 2. The third-order valence-corrected chi connectivity index (χ3v) is 3.42. The van der Waals surface area contributed by atoms with E-state index in [1.165, 1.54) is 12.1 Å². The highest BCUT2D eigenvalue weighted by atomic mass is 19.1. The number of anilines is 1. The van der Waals surface area contributed by atoms with Gasteiger partial charge < -0.3 is 20.9 Å². The van der Waals surface area contributed by atoms with E-state index in [1.807, 2.05) is 0 Å². The molecule has 1 aromatic carbocycles. The van der Waals surface area contributed by atoms with Crippen molar-refractivity contribution in [1.29, 1.82) is 0 Å². The zero-order chi connectivity index (χ0) is 14.4. The van der Waals surface area contributed by atoms with E-state index in [1.54, 1.807) is 17.0 Å². The maximum absolute atomic E-state index is 12.8. The van der Waals surface area contributed by atoms with Crippen LogP contribution >= 0.6 is 0 Å². The molecule has 1 heterocycles. The number of nitrogens with two attached hydrogens (primary N) is 1. The first-order valence-corrected chi connectivity index (χ1v) is 6.93. The maximum atomic E-state index is 12.8. The smallest absolute Gasteiger partial charge is 0.321 e. The van der Waals surface area contributed by atoms with Crippen LogP contribution in [0.4, 0.5) is 14.9 Å². The summed E-state index contributed by atoms with van der Waals surface area (Å²) in [6.07, 6.45) is 0.941. The van der Waals surface area contributed by atoms with Gasteiger partial charge in [-0.05, 0) is 37.2 Å². The van der Waals surface area contributed by atoms with E-state index in [0.29, 0.717) is 18.8 Å². The fourth-order valence-corrected chi connectivity index (χ4v) is 2.32. The minimum Gasteiger partial charge on any atom is -0.329 e. The van der Waals surface area contributed by atoms with E-state index in [4.69, 9.17) is 5.73 Å². The van der Waals surface area contributed by atoms with Gasteiger partial charge in [-0.2, -0.15) is 0 Å². The van der Waals surface area contributed by atoms with Crippen molar-refractivity contribution in [2.45, 2.75) is 6.42 Å². The van der Waals surface area contributed by atoms with Crippen LogP contribution in [0.5, 0.6) is 0 Å². The second-order valence-electron chi connectivity index (χ2n) is 4.91. The van der Waals surface area contributed by atoms with E-state index in [9.17, 15) is 9.18 Å². The molecule has 6 heteroatoms. The summed E-state index contributed by atoms with van der Waals surface area (Å²) in [6, 6.07) is 5.66. The molecule has 0 aliphatic carbocycles. The molecule has 0 saturated carbocycles. The van der Waals surface area contributed by atoms with Gasteiger partial charge in [0.2, 0.25) is 0 Å². The fraction of sp³-hybridized carbons (Fsp3) is 0.500. The molecule has 0 bridgehead atoms. The highest BCUT2D eigenvalue weighted by Crippen LogP contribution is 2.10. The number of hydrogen-bond acceptors (Lipinski definition) is 3. The number of benzene rings is 1. The molecule has 0 unspecified atom stereocenters. The molecular weight excluding hydrogens is 259 g/mol. The average molecular weight is 280 g/mol. The Kier molecular flexibility index (Phi) is 5.31. The standard InChI is InChI=1S/C14H21FN4O/c15-12-2-4-13(5-3-12)17-14(20)19-8-1-7-18(9-6-16)10-11-19/h2-5H,1,6-11,16H2,(H,17,20). The summed E-state index contributed by atoms with van der Waals surface area (Å²) in [5, 5.41) is 2.79. The van der Waals surface area contributed by atoms with Crippen LogP contribution in [0.2, 0.25) is 0 Å². The normalized spacial score (nSPS) is 16.8. The van der Waals surface area contributed by atoms with Crippen molar-refractivity contribution < 1.29 is 9.18 Å². The lowest BCUT2D eigenvalue weighted by Gasteiger charge is -2.22. The Hall–Kier alpha value is -1.66. The molecule has 20 heavy (non-hydrogen) atoms. The number of amides is 2. The first kappa shape index (κ1) is 14.7. The van der Waals surface area contributed by atoms with Crippen molar-refractivity contribution in [1.82, 2.24) is 9.80 Å². The number of urea groups is 1. The van der Waals surface area contributed by atoms with Gasteiger partial charge in [-0.3, -0.25) is 0 Å². The van der Waals surface area contributed by atoms with Gasteiger partial charge in [0.1, 0.15) is 5.82 Å². The Bertz CT molecular complexity index is 437. The van der Waals surface area contributed by atoms with Crippen LogP contribution in [-0.4, -0.2) is 55.1 Å². The molecule has 1 aromatic rings. The van der Waals surface area contributed by atoms with E-state index >= 15 is 0 Å². The van der Waals surface area contributed by atoms with Crippen molar-refractivity contribution in [3.05, 3.63) is 30.1 Å². The molecule has 1 fully saturated rings. The minimum absolute atomic E-state index is 0.133. The lowest BCUT2D eigenvalue weighted by molar-refractivity contribution is 0.212. The third-order valence-electron chi connectivity index (χ3n) is 3.42. The van der Waals surface area contributed by atoms with Crippen LogP contribution < -0.4 is 11.1 Å². The lowest BCUT2D eigenvalue weighted by Crippen LogP contribution is -2.38. The third kappa shape index (κ3) is 4.18. The first-order chi connectivity index (χ1) is 9.69. The Balaban J connectivity index is 1.87. The molecule has 0 radical (unpaired) electrons. The number of carbonyl (C=O) groups excluding carboxylic acids is 1. The van der Waals surface area contributed by atoms with Crippen LogP contribution in [0.25, 0.3) is 0 Å². The molecule has 2 rings (SSSR count). The van der Waals surface area contributed by atoms with Crippen molar-refractivity contribution in [2.24, 2.45) is 5.73 Å². The summed E-state index contributed by atoms with van der Waals surface area (Å²) in [7, 11) is 0. The summed E-state index contributed by atoms with van der Waals surface area (Å²) in [5.41, 5.74) is 6.16. The van der Waals surface area contributed by atoms with Crippen LogP contribution in [0.15, 0.2) is 24.3 Å². The molecule has 1 aliphatic heterocycles. The number of nitrogens with zero attached hydrogens (tertiary/aromatic N) is 2. The molecule has 2 amide bonds. The van der Waals surface area contributed by atoms with Crippen molar-refractivity contribution in [3.8, 4) is 0 Å². The zero-order valence-electron chi connectivity index (χ0n) is 11.5. The number of nitrogens with one attached hydrogen (secondary N) is 1. The van der Waals surface area contributed by atoms with Crippen molar-refractivity contribution >= 4 is 11.7 Å². The molecular formula is C14H21FN4O. The predicted octanol–water partition coefficient (Wildman–Crippen LogP) is 1.32. The Labute approximate surface area is 118 Å². The van der Waals surface area contributed by atoms with Crippen LogP contribution in [-0.2, 0) is 0 Å². The van der Waals surface area contributed by atoms with Crippen LogP contribution in [0, 0.1) is 5.82 Å². The second-order valence-corrected chi connectivity index (χ2v) is 4.91. The van der Waals surface area contributed by atoms with Crippen LogP contribution in [0.3, 0.4) is 0 Å². The Morgan fingerprint density at radius 3 is 2.65 bits per heavy atom. The highest BCUT2D eigenvalue weighted by molar-refractivity contribution is 5.89. The molecule has 0 atom stereocenters. The SMILES string of the molecule is NCCN1CCCN(C(=O)Nc2ccc(F)cc2)CC1. The van der Waals surface area contributed by atoms with Crippen molar-refractivity contribution in [2.75, 3.05) is 44.6 Å². The van der Waals surface area contributed by atoms with Gasteiger partial charge in [0.15, 0.2) is 0 Å². The summed E-state index contributed by atoms with van der Waals surface area (Å²) in [4.78, 5) is 16.2. The van der Waals surface area contributed by atoms with E-state index in [0.717, 1.165) is 32.6 Å².